The van der Waals surface area contributed by atoms with Crippen molar-refractivity contribution in [3.63, 3.8) is 0 Å². The van der Waals surface area contributed by atoms with Crippen molar-refractivity contribution in [2.45, 2.75) is 32.2 Å². The van der Waals surface area contributed by atoms with Crippen LogP contribution in [-0.4, -0.2) is 21.5 Å². The maximum atomic E-state index is 13.7. The van der Waals surface area contributed by atoms with Gasteiger partial charge < -0.3 is 5.32 Å². The summed E-state index contributed by atoms with van der Waals surface area (Å²) < 4.78 is 40.1. The van der Waals surface area contributed by atoms with Gasteiger partial charge in [-0.05, 0) is 30.2 Å². The number of halogens is 1. The van der Waals surface area contributed by atoms with Gasteiger partial charge in [0, 0.05) is 13.1 Å². The predicted octanol–water partition coefficient (Wildman–Crippen LogP) is 1.87. The van der Waals surface area contributed by atoms with Gasteiger partial charge in [-0.1, -0.05) is 26.8 Å². The molecular weight excluding hydrogens is 267 g/mol. The van der Waals surface area contributed by atoms with E-state index in [9.17, 15) is 12.8 Å². The predicted molar refractivity (Wildman–Crippen MR) is 73.8 cm³/mol. The monoisotopic (exact) mass is 288 g/mol. The van der Waals surface area contributed by atoms with Crippen molar-refractivity contribution in [1.29, 1.82) is 0 Å². The fraction of sp³-hybridized carbons (Fsp3) is 0.538. The molecule has 0 saturated carbocycles. The van der Waals surface area contributed by atoms with Crippen molar-refractivity contribution < 1.29 is 12.8 Å². The zero-order chi connectivity index (χ0) is 14.5. The van der Waals surface area contributed by atoms with E-state index in [0.29, 0.717) is 13.1 Å². The minimum absolute atomic E-state index is 0.169. The van der Waals surface area contributed by atoms with Crippen LogP contribution in [0.15, 0.2) is 23.1 Å². The molecule has 0 aromatic heterocycles. The summed E-state index contributed by atoms with van der Waals surface area (Å²) in [6.45, 7) is 7.31. The smallest absolute Gasteiger partial charge is 0.243 e. The molecule has 2 N–H and O–H groups in total. The first-order valence-corrected chi connectivity index (χ1v) is 7.84. The number of sulfonamides is 1. The molecule has 0 saturated heterocycles. The van der Waals surface area contributed by atoms with Crippen molar-refractivity contribution in [3.05, 3.63) is 29.6 Å². The zero-order valence-electron chi connectivity index (χ0n) is 11.5. The summed E-state index contributed by atoms with van der Waals surface area (Å²) in [7, 11) is -3.79. The van der Waals surface area contributed by atoms with Gasteiger partial charge in [0.25, 0.3) is 0 Å². The van der Waals surface area contributed by atoms with E-state index in [0.717, 1.165) is 12.1 Å². The molecule has 1 rings (SSSR count). The van der Waals surface area contributed by atoms with Crippen LogP contribution in [0.2, 0.25) is 0 Å². The van der Waals surface area contributed by atoms with Gasteiger partial charge in [-0.2, -0.15) is 0 Å². The molecule has 0 bridgehead atoms. The largest absolute Gasteiger partial charge is 0.313 e. The molecule has 0 heterocycles. The lowest BCUT2D eigenvalue weighted by atomic mass is 10.2. The molecule has 0 amide bonds. The quantitative estimate of drug-likeness (QED) is 0.805. The first-order chi connectivity index (χ1) is 8.86. The lowest BCUT2D eigenvalue weighted by Gasteiger charge is -2.11. The SMILES string of the molecule is CCNCc1ccc(F)c(S(=O)(=O)NCC(C)C)c1. The van der Waals surface area contributed by atoms with Crippen LogP contribution in [-0.2, 0) is 16.6 Å². The summed E-state index contributed by atoms with van der Waals surface area (Å²) in [5, 5.41) is 3.08. The molecule has 4 nitrogen and oxygen atoms in total. The Balaban J connectivity index is 2.97. The molecule has 1 aromatic rings. The lowest BCUT2D eigenvalue weighted by Crippen LogP contribution is -2.28. The summed E-state index contributed by atoms with van der Waals surface area (Å²) >= 11 is 0. The average Bonchev–Trinajstić information content (AvgIpc) is 2.35. The van der Waals surface area contributed by atoms with E-state index in [-0.39, 0.29) is 10.8 Å². The molecule has 0 fully saturated rings. The van der Waals surface area contributed by atoms with Crippen LogP contribution in [0.25, 0.3) is 0 Å². The fourth-order valence-corrected chi connectivity index (χ4v) is 2.83. The van der Waals surface area contributed by atoms with E-state index in [1.165, 1.54) is 12.1 Å². The van der Waals surface area contributed by atoms with Gasteiger partial charge >= 0.3 is 0 Å². The Kier molecular flexibility index (Phi) is 5.90. The van der Waals surface area contributed by atoms with Crippen LogP contribution < -0.4 is 10.0 Å². The van der Waals surface area contributed by atoms with E-state index in [4.69, 9.17) is 0 Å². The molecular formula is C13H21FN2O2S. The second-order valence-corrected chi connectivity index (χ2v) is 6.53. The van der Waals surface area contributed by atoms with Crippen LogP contribution in [0, 0.1) is 11.7 Å². The fourth-order valence-electron chi connectivity index (χ4n) is 1.49. The van der Waals surface area contributed by atoms with Crippen molar-refractivity contribution in [2.75, 3.05) is 13.1 Å². The Labute approximate surface area is 114 Å². The van der Waals surface area contributed by atoms with Gasteiger partial charge in [0.2, 0.25) is 10.0 Å². The Bertz CT molecular complexity index is 515. The lowest BCUT2D eigenvalue weighted by molar-refractivity contribution is 0.542. The highest BCUT2D eigenvalue weighted by Crippen LogP contribution is 2.16. The summed E-state index contributed by atoms with van der Waals surface area (Å²) in [4.78, 5) is -0.288. The van der Waals surface area contributed by atoms with Gasteiger partial charge in [-0.15, -0.1) is 0 Å². The molecule has 1 aromatic carbocycles. The summed E-state index contributed by atoms with van der Waals surface area (Å²) in [5.41, 5.74) is 0.744. The third-order valence-corrected chi connectivity index (χ3v) is 3.98. The number of nitrogens with one attached hydrogen (secondary N) is 2. The van der Waals surface area contributed by atoms with E-state index >= 15 is 0 Å². The topological polar surface area (TPSA) is 58.2 Å². The van der Waals surface area contributed by atoms with Gasteiger partial charge in [0.1, 0.15) is 10.7 Å². The first kappa shape index (κ1) is 16.1. The van der Waals surface area contributed by atoms with E-state index in [1.807, 2.05) is 20.8 Å². The molecule has 0 radical (unpaired) electrons. The van der Waals surface area contributed by atoms with E-state index < -0.39 is 15.8 Å². The molecule has 0 aliphatic rings. The van der Waals surface area contributed by atoms with E-state index in [1.54, 1.807) is 6.07 Å². The van der Waals surface area contributed by atoms with Crippen LogP contribution in [0.5, 0.6) is 0 Å². The van der Waals surface area contributed by atoms with Crippen LogP contribution in [0.1, 0.15) is 26.3 Å². The molecule has 19 heavy (non-hydrogen) atoms. The highest BCUT2D eigenvalue weighted by molar-refractivity contribution is 7.89. The first-order valence-electron chi connectivity index (χ1n) is 6.35. The van der Waals surface area contributed by atoms with Gasteiger partial charge in [-0.3, -0.25) is 0 Å². The number of benzene rings is 1. The molecule has 0 aliphatic heterocycles. The molecule has 0 unspecified atom stereocenters. The number of hydrogen-bond donors (Lipinski definition) is 2. The van der Waals surface area contributed by atoms with Crippen LogP contribution >= 0.6 is 0 Å². The zero-order valence-corrected chi connectivity index (χ0v) is 12.3. The summed E-state index contributed by atoms with van der Waals surface area (Å²) in [5.74, 6) is -0.556. The third-order valence-electron chi connectivity index (χ3n) is 2.55. The van der Waals surface area contributed by atoms with Gasteiger partial charge in [-0.25, -0.2) is 17.5 Å². The standard InChI is InChI=1S/C13H21FN2O2S/c1-4-15-9-11-5-6-12(14)13(7-11)19(17,18)16-8-10(2)3/h5-7,10,15-16H,4,8-9H2,1-3H3. The van der Waals surface area contributed by atoms with Crippen molar-refractivity contribution in [1.82, 2.24) is 10.0 Å². The Morgan fingerprint density at radius 3 is 2.58 bits per heavy atom. The number of rotatable bonds is 7. The Morgan fingerprint density at radius 2 is 2.00 bits per heavy atom. The molecule has 0 spiro atoms. The third kappa shape index (κ3) is 4.89. The number of hydrogen-bond acceptors (Lipinski definition) is 3. The van der Waals surface area contributed by atoms with Crippen LogP contribution in [0.4, 0.5) is 4.39 Å². The van der Waals surface area contributed by atoms with Crippen molar-refractivity contribution in [2.24, 2.45) is 5.92 Å². The van der Waals surface area contributed by atoms with E-state index in [2.05, 4.69) is 10.0 Å². The maximum absolute atomic E-state index is 13.7. The minimum atomic E-state index is -3.79. The average molecular weight is 288 g/mol. The second kappa shape index (κ2) is 6.98. The highest BCUT2D eigenvalue weighted by Gasteiger charge is 2.19. The normalized spacial score (nSPS) is 12.1. The van der Waals surface area contributed by atoms with Gasteiger partial charge in [0.15, 0.2) is 0 Å². The highest BCUT2D eigenvalue weighted by atomic mass is 32.2. The Morgan fingerprint density at radius 1 is 1.32 bits per heavy atom. The molecule has 6 heteroatoms. The molecule has 0 aliphatic carbocycles. The molecule has 108 valence electrons. The maximum Gasteiger partial charge on any atom is 0.243 e. The van der Waals surface area contributed by atoms with Crippen molar-refractivity contribution >= 4 is 10.0 Å². The minimum Gasteiger partial charge on any atom is -0.313 e. The van der Waals surface area contributed by atoms with Crippen molar-refractivity contribution in [3.8, 4) is 0 Å². The summed E-state index contributed by atoms with van der Waals surface area (Å²) in [6, 6.07) is 4.15. The summed E-state index contributed by atoms with van der Waals surface area (Å²) in [6.07, 6.45) is 0. The Hall–Kier alpha value is -0.980. The van der Waals surface area contributed by atoms with Gasteiger partial charge in [0.05, 0.1) is 0 Å². The second-order valence-electron chi connectivity index (χ2n) is 4.79. The molecule has 0 atom stereocenters. The van der Waals surface area contributed by atoms with Crippen LogP contribution in [0.3, 0.4) is 0 Å².